The van der Waals surface area contributed by atoms with Crippen molar-refractivity contribution in [2.75, 3.05) is 26.8 Å². The van der Waals surface area contributed by atoms with Gasteiger partial charge < -0.3 is 14.4 Å². The zero-order chi connectivity index (χ0) is 14.3. The minimum absolute atomic E-state index is 0.0526. The molecule has 0 spiro atoms. The molecule has 0 bridgehead atoms. The molecule has 1 amide bonds. The van der Waals surface area contributed by atoms with E-state index in [0.29, 0.717) is 19.5 Å². The minimum atomic E-state index is -0.630. The van der Waals surface area contributed by atoms with Crippen LogP contribution in [0.15, 0.2) is 12.2 Å². The quantitative estimate of drug-likeness (QED) is 0.523. The van der Waals surface area contributed by atoms with Gasteiger partial charge in [-0.25, -0.2) is 4.79 Å². The molecule has 0 saturated carbocycles. The number of hydrogen-bond acceptors (Lipinski definition) is 5. The van der Waals surface area contributed by atoms with Gasteiger partial charge in [-0.05, 0) is 12.8 Å². The van der Waals surface area contributed by atoms with Crippen LogP contribution in [0.4, 0.5) is 0 Å². The molecular weight excluding hydrogens is 250 g/mol. The zero-order valence-electron chi connectivity index (χ0n) is 11.1. The Hall–Kier alpha value is -1.85. The second-order valence-corrected chi connectivity index (χ2v) is 4.33. The lowest BCUT2D eigenvalue weighted by atomic mass is 10.1. The molecular formula is C13H19NO5. The van der Waals surface area contributed by atoms with Crippen molar-refractivity contribution in [3.05, 3.63) is 12.2 Å². The van der Waals surface area contributed by atoms with Crippen molar-refractivity contribution in [1.82, 2.24) is 4.90 Å². The van der Waals surface area contributed by atoms with Gasteiger partial charge in [-0.3, -0.25) is 9.59 Å². The van der Waals surface area contributed by atoms with Crippen LogP contribution in [-0.2, 0) is 23.9 Å². The van der Waals surface area contributed by atoms with Crippen molar-refractivity contribution in [3.8, 4) is 0 Å². The van der Waals surface area contributed by atoms with E-state index in [2.05, 4.69) is 11.3 Å². The van der Waals surface area contributed by atoms with Crippen LogP contribution < -0.4 is 0 Å². The fourth-order valence-electron chi connectivity index (χ4n) is 1.77. The van der Waals surface area contributed by atoms with E-state index in [0.717, 1.165) is 12.8 Å². The monoisotopic (exact) mass is 269 g/mol. The van der Waals surface area contributed by atoms with Crippen LogP contribution in [0.3, 0.4) is 0 Å². The van der Waals surface area contributed by atoms with Crippen molar-refractivity contribution >= 4 is 17.8 Å². The van der Waals surface area contributed by atoms with Gasteiger partial charge in [-0.2, -0.15) is 0 Å². The van der Waals surface area contributed by atoms with Crippen molar-refractivity contribution in [2.45, 2.75) is 25.7 Å². The predicted octanol–water partition coefficient (Wildman–Crippen LogP) is 0.661. The summed E-state index contributed by atoms with van der Waals surface area (Å²) < 4.78 is 9.38. The van der Waals surface area contributed by atoms with Crippen molar-refractivity contribution in [1.29, 1.82) is 0 Å². The molecule has 1 aliphatic heterocycles. The molecule has 0 aromatic heterocycles. The number of methoxy groups -OCH3 is 1. The number of piperidine rings is 1. The van der Waals surface area contributed by atoms with Gasteiger partial charge >= 0.3 is 11.9 Å². The van der Waals surface area contributed by atoms with Gasteiger partial charge in [-0.15, -0.1) is 0 Å². The van der Waals surface area contributed by atoms with Crippen LogP contribution in [0.1, 0.15) is 25.7 Å². The average Bonchev–Trinajstić information content (AvgIpc) is 2.40. The normalized spacial score (nSPS) is 15.0. The largest absolute Gasteiger partial charge is 0.469 e. The molecule has 6 nitrogen and oxygen atoms in total. The molecule has 0 aliphatic carbocycles. The topological polar surface area (TPSA) is 72.9 Å². The molecule has 0 atom stereocenters. The van der Waals surface area contributed by atoms with E-state index in [-0.39, 0.29) is 24.5 Å². The third-order valence-corrected chi connectivity index (χ3v) is 2.89. The first-order valence-corrected chi connectivity index (χ1v) is 6.24. The molecule has 0 unspecified atom stereocenters. The Bertz CT molecular complexity index is 377. The molecule has 106 valence electrons. The highest BCUT2D eigenvalue weighted by atomic mass is 16.5. The minimum Gasteiger partial charge on any atom is -0.469 e. The number of esters is 2. The summed E-state index contributed by atoms with van der Waals surface area (Å²) in [5, 5.41) is 0. The SMILES string of the molecule is C=C(CC(=O)OC)C(=O)OCCN1CCCCC1=O. The molecule has 6 heteroatoms. The summed E-state index contributed by atoms with van der Waals surface area (Å²) in [4.78, 5) is 35.6. The first-order valence-electron chi connectivity index (χ1n) is 6.24. The molecule has 1 rings (SSSR count). The molecule has 0 aromatic rings. The van der Waals surface area contributed by atoms with Gasteiger partial charge in [-0.1, -0.05) is 6.58 Å². The molecule has 0 aromatic carbocycles. The average molecular weight is 269 g/mol. The van der Waals surface area contributed by atoms with Crippen LogP contribution >= 0.6 is 0 Å². The molecule has 19 heavy (non-hydrogen) atoms. The van der Waals surface area contributed by atoms with Gasteiger partial charge in [0.2, 0.25) is 5.91 Å². The number of carbonyl (C=O) groups excluding carboxylic acids is 3. The van der Waals surface area contributed by atoms with Gasteiger partial charge in [0, 0.05) is 18.5 Å². The van der Waals surface area contributed by atoms with Crippen LogP contribution in [0, 0.1) is 0 Å². The number of amides is 1. The molecule has 0 radical (unpaired) electrons. The summed E-state index contributed by atoms with van der Waals surface area (Å²) in [7, 11) is 1.24. The highest BCUT2D eigenvalue weighted by Gasteiger charge is 2.18. The smallest absolute Gasteiger partial charge is 0.334 e. The Morgan fingerprint density at radius 3 is 2.74 bits per heavy atom. The van der Waals surface area contributed by atoms with Crippen LogP contribution in [0.2, 0.25) is 0 Å². The lowest BCUT2D eigenvalue weighted by Crippen LogP contribution is -2.38. The maximum atomic E-state index is 11.5. The van der Waals surface area contributed by atoms with E-state index in [9.17, 15) is 14.4 Å². The van der Waals surface area contributed by atoms with E-state index in [4.69, 9.17) is 4.74 Å². The molecule has 1 fully saturated rings. The second-order valence-electron chi connectivity index (χ2n) is 4.33. The van der Waals surface area contributed by atoms with Gasteiger partial charge in [0.05, 0.1) is 20.1 Å². The number of hydrogen-bond donors (Lipinski definition) is 0. The standard InChI is InChI=1S/C13H19NO5/c1-10(9-12(16)18-2)13(17)19-8-7-14-6-4-3-5-11(14)15/h1,3-9H2,2H3. The Morgan fingerprint density at radius 2 is 2.11 bits per heavy atom. The Kier molecular flexibility index (Phi) is 6.05. The summed E-state index contributed by atoms with van der Waals surface area (Å²) >= 11 is 0. The van der Waals surface area contributed by atoms with Crippen molar-refractivity contribution in [3.63, 3.8) is 0 Å². The van der Waals surface area contributed by atoms with E-state index < -0.39 is 11.9 Å². The second kappa shape index (κ2) is 7.56. The Morgan fingerprint density at radius 1 is 1.37 bits per heavy atom. The number of carbonyl (C=O) groups is 3. The highest BCUT2D eigenvalue weighted by Crippen LogP contribution is 2.10. The van der Waals surface area contributed by atoms with Gasteiger partial charge in [0.1, 0.15) is 6.61 Å². The summed E-state index contributed by atoms with van der Waals surface area (Å²) in [5.74, 6) is -1.07. The number of likely N-dealkylation sites (tertiary alicyclic amines) is 1. The predicted molar refractivity (Wildman–Crippen MR) is 67.2 cm³/mol. The highest BCUT2D eigenvalue weighted by molar-refractivity contribution is 5.93. The van der Waals surface area contributed by atoms with Crippen molar-refractivity contribution < 1.29 is 23.9 Å². The fourth-order valence-corrected chi connectivity index (χ4v) is 1.77. The number of ether oxygens (including phenoxy) is 2. The van der Waals surface area contributed by atoms with Crippen LogP contribution in [-0.4, -0.2) is 49.6 Å². The maximum absolute atomic E-state index is 11.5. The Labute approximate surface area is 112 Å². The van der Waals surface area contributed by atoms with E-state index in [1.54, 1.807) is 4.90 Å². The van der Waals surface area contributed by atoms with Crippen LogP contribution in [0.25, 0.3) is 0 Å². The summed E-state index contributed by atoms with van der Waals surface area (Å²) in [5.41, 5.74) is 0.0526. The summed E-state index contributed by atoms with van der Waals surface area (Å²) in [6, 6.07) is 0. The third-order valence-electron chi connectivity index (χ3n) is 2.89. The van der Waals surface area contributed by atoms with Crippen molar-refractivity contribution in [2.24, 2.45) is 0 Å². The van der Waals surface area contributed by atoms with Gasteiger partial charge in [0.25, 0.3) is 0 Å². The maximum Gasteiger partial charge on any atom is 0.334 e. The van der Waals surface area contributed by atoms with E-state index in [1.807, 2.05) is 0 Å². The third kappa shape index (κ3) is 5.11. The van der Waals surface area contributed by atoms with Crippen LogP contribution in [0.5, 0.6) is 0 Å². The fraction of sp³-hybridized carbons (Fsp3) is 0.615. The summed E-state index contributed by atoms with van der Waals surface area (Å²) in [6.45, 7) is 4.68. The Balaban J connectivity index is 2.24. The molecule has 1 saturated heterocycles. The number of nitrogens with zero attached hydrogens (tertiary/aromatic N) is 1. The van der Waals surface area contributed by atoms with E-state index >= 15 is 0 Å². The molecule has 1 aliphatic rings. The lowest BCUT2D eigenvalue weighted by molar-refractivity contribution is -0.145. The number of rotatable bonds is 6. The lowest BCUT2D eigenvalue weighted by Gasteiger charge is -2.26. The van der Waals surface area contributed by atoms with E-state index in [1.165, 1.54) is 7.11 Å². The molecule has 0 N–H and O–H groups in total. The van der Waals surface area contributed by atoms with Gasteiger partial charge in [0.15, 0.2) is 0 Å². The first-order chi connectivity index (χ1) is 9.04. The summed E-state index contributed by atoms with van der Waals surface area (Å²) in [6.07, 6.45) is 2.28. The zero-order valence-corrected chi connectivity index (χ0v) is 11.1. The first kappa shape index (κ1) is 15.2. The molecule has 1 heterocycles.